The van der Waals surface area contributed by atoms with Crippen LogP contribution in [-0.2, 0) is 4.79 Å². The Balaban J connectivity index is 0.00000162. The van der Waals surface area contributed by atoms with Crippen molar-refractivity contribution in [2.24, 2.45) is 0 Å². The lowest BCUT2D eigenvalue weighted by atomic mass is 10.3. The standard InChI is InChI=1S/C12H16ClN3O.ClH/c13-10-1-3-11(4-2-10)15-12(17)9-16-7-5-14-6-8-16;/h1-4,14H,5-9H2,(H,15,17);1H. The lowest BCUT2D eigenvalue weighted by Crippen LogP contribution is -2.46. The number of hydrogen-bond acceptors (Lipinski definition) is 3. The lowest BCUT2D eigenvalue weighted by Gasteiger charge is -2.26. The molecule has 2 rings (SSSR count). The van der Waals surface area contributed by atoms with Crippen LogP contribution in [0.1, 0.15) is 0 Å². The number of piperazine rings is 1. The Morgan fingerprint density at radius 3 is 2.50 bits per heavy atom. The van der Waals surface area contributed by atoms with Gasteiger partial charge in [0.15, 0.2) is 0 Å². The van der Waals surface area contributed by atoms with E-state index in [4.69, 9.17) is 11.6 Å². The Hall–Kier alpha value is -0.810. The summed E-state index contributed by atoms with van der Waals surface area (Å²) in [6, 6.07) is 7.14. The fourth-order valence-electron chi connectivity index (χ4n) is 1.81. The highest BCUT2D eigenvalue weighted by molar-refractivity contribution is 6.30. The molecule has 0 saturated carbocycles. The zero-order valence-electron chi connectivity index (χ0n) is 9.99. The van der Waals surface area contributed by atoms with Crippen LogP contribution in [0.2, 0.25) is 5.02 Å². The number of nitrogens with zero attached hydrogens (tertiary/aromatic N) is 1. The number of nitrogens with one attached hydrogen (secondary N) is 2. The molecule has 0 aromatic heterocycles. The molecule has 6 heteroatoms. The van der Waals surface area contributed by atoms with Crippen molar-refractivity contribution < 1.29 is 4.79 Å². The molecule has 2 N–H and O–H groups in total. The second-order valence-corrected chi connectivity index (χ2v) is 4.52. The molecule has 0 radical (unpaired) electrons. The fourth-order valence-corrected chi connectivity index (χ4v) is 1.93. The second kappa shape index (κ2) is 7.59. The quantitative estimate of drug-likeness (QED) is 0.889. The normalized spacial score (nSPS) is 15.8. The summed E-state index contributed by atoms with van der Waals surface area (Å²) in [6.45, 7) is 4.20. The molecule has 1 aromatic rings. The Morgan fingerprint density at radius 2 is 1.89 bits per heavy atom. The van der Waals surface area contributed by atoms with Crippen LogP contribution in [0, 0.1) is 0 Å². The maximum atomic E-state index is 11.8. The Morgan fingerprint density at radius 1 is 1.28 bits per heavy atom. The van der Waals surface area contributed by atoms with E-state index in [1.54, 1.807) is 24.3 Å². The van der Waals surface area contributed by atoms with E-state index in [0.29, 0.717) is 11.6 Å². The van der Waals surface area contributed by atoms with Gasteiger partial charge in [-0.1, -0.05) is 11.6 Å². The van der Waals surface area contributed by atoms with Crippen molar-refractivity contribution in [2.75, 3.05) is 38.0 Å². The molecule has 1 amide bonds. The number of carbonyl (C=O) groups is 1. The summed E-state index contributed by atoms with van der Waals surface area (Å²) in [6.07, 6.45) is 0. The first kappa shape index (κ1) is 15.2. The van der Waals surface area contributed by atoms with E-state index in [1.165, 1.54) is 0 Å². The smallest absolute Gasteiger partial charge is 0.238 e. The fraction of sp³-hybridized carbons (Fsp3) is 0.417. The van der Waals surface area contributed by atoms with Crippen LogP contribution in [0.15, 0.2) is 24.3 Å². The Kier molecular flexibility index (Phi) is 6.43. The number of hydrogen-bond donors (Lipinski definition) is 2. The van der Waals surface area contributed by atoms with Gasteiger partial charge in [0, 0.05) is 36.9 Å². The average molecular weight is 290 g/mol. The van der Waals surface area contributed by atoms with Gasteiger partial charge in [-0.2, -0.15) is 0 Å². The largest absolute Gasteiger partial charge is 0.325 e. The molecular formula is C12H17Cl2N3O. The molecule has 18 heavy (non-hydrogen) atoms. The third kappa shape index (κ3) is 4.82. The minimum absolute atomic E-state index is 0. The van der Waals surface area contributed by atoms with Gasteiger partial charge in [-0.05, 0) is 24.3 Å². The molecule has 4 nitrogen and oxygen atoms in total. The molecular weight excluding hydrogens is 273 g/mol. The molecule has 1 aromatic carbocycles. The highest BCUT2D eigenvalue weighted by atomic mass is 35.5. The van der Waals surface area contributed by atoms with Gasteiger partial charge >= 0.3 is 0 Å². The van der Waals surface area contributed by atoms with E-state index >= 15 is 0 Å². The third-order valence-corrected chi connectivity index (χ3v) is 2.96. The number of anilines is 1. The number of benzene rings is 1. The molecule has 0 unspecified atom stereocenters. The van der Waals surface area contributed by atoms with E-state index < -0.39 is 0 Å². The molecule has 1 saturated heterocycles. The SMILES string of the molecule is Cl.O=C(CN1CCNCC1)Nc1ccc(Cl)cc1. The van der Waals surface area contributed by atoms with Crippen molar-refractivity contribution in [3.63, 3.8) is 0 Å². The zero-order valence-corrected chi connectivity index (χ0v) is 11.6. The van der Waals surface area contributed by atoms with Gasteiger partial charge in [-0.15, -0.1) is 12.4 Å². The third-order valence-electron chi connectivity index (χ3n) is 2.70. The second-order valence-electron chi connectivity index (χ2n) is 4.08. The summed E-state index contributed by atoms with van der Waals surface area (Å²) in [4.78, 5) is 13.9. The highest BCUT2D eigenvalue weighted by Gasteiger charge is 2.13. The molecule has 1 heterocycles. The van der Waals surface area contributed by atoms with Crippen molar-refractivity contribution in [3.05, 3.63) is 29.3 Å². The number of amides is 1. The molecule has 1 aliphatic heterocycles. The van der Waals surface area contributed by atoms with Gasteiger partial charge in [0.25, 0.3) is 0 Å². The average Bonchev–Trinajstić information content (AvgIpc) is 2.33. The molecule has 0 aliphatic carbocycles. The van der Waals surface area contributed by atoms with Crippen LogP contribution < -0.4 is 10.6 Å². The van der Waals surface area contributed by atoms with Crippen LogP contribution in [0.4, 0.5) is 5.69 Å². The van der Waals surface area contributed by atoms with Gasteiger partial charge in [-0.3, -0.25) is 9.69 Å². The summed E-state index contributed by atoms with van der Waals surface area (Å²) >= 11 is 5.78. The van der Waals surface area contributed by atoms with Gasteiger partial charge in [-0.25, -0.2) is 0 Å². The van der Waals surface area contributed by atoms with E-state index in [2.05, 4.69) is 15.5 Å². The first-order chi connectivity index (χ1) is 8.24. The van der Waals surface area contributed by atoms with E-state index in [9.17, 15) is 4.79 Å². The lowest BCUT2D eigenvalue weighted by molar-refractivity contribution is -0.117. The van der Waals surface area contributed by atoms with Crippen molar-refractivity contribution in [2.45, 2.75) is 0 Å². The predicted octanol–water partition coefficient (Wildman–Crippen LogP) is 1.61. The zero-order chi connectivity index (χ0) is 12.1. The van der Waals surface area contributed by atoms with Crippen LogP contribution in [0.5, 0.6) is 0 Å². The van der Waals surface area contributed by atoms with Crippen LogP contribution in [0.25, 0.3) is 0 Å². The van der Waals surface area contributed by atoms with Crippen LogP contribution in [0.3, 0.4) is 0 Å². The van der Waals surface area contributed by atoms with E-state index in [-0.39, 0.29) is 18.3 Å². The Bertz CT molecular complexity index is 377. The van der Waals surface area contributed by atoms with Crippen LogP contribution >= 0.6 is 24.0 Å². The van der Waals surface area contributed by atoms with Gasteiger partial charge in [0.1, 0.15) is 0 Å². The monoisotopic (exact) mass is 289 g/mol. The first-order valence-electron chi connectivity index (χ1n) is 5.72. The van der Waals surface area contributed by atoms with Crippen LogP contribution in [-0.4, -0.2) is 43.5 Å². The van der Waals surface area contributed by atoms with Crippen molar-refractivity contribution >= 4 is 35.6 Å². The first-order valence-corrected chi connectivity index (χ1v) is 6.10. The summed E-state index contributed by atoms with van der Waals surface area (Å²) in [7, 11) is 0. The minimum Gasteiger partial charge on any atom is -0.325 e. The van der Waals surface area contributed by atoms with Gasteiger partial charge in [0.05, 0.1) is 6.54 Å². The number of carbonyl (C=O) groups excluding carboxylic acids is 1. The molecule has 100 valence electrons. The van der Waals surface area contributed by atoms with Gasteiger partial charge < -0.3 is 10.6 Å². The van der Waals surface area contributed by atoms with E-state index in [1.807, 2.05) is 0 Å². The number of halogens is 2. The highest BCUT2D eigenvalue weighted by Crippen LogP contribution is 2.13. The van der Waals surface area contributed by atoms with E-state index in [0.717, 1.165) is 31.9 Å². The van der Waals surface area contributed by atoms with Crippen molar-refractivity contribution in [1.29, 1.82) is 0 Å². The molecule has 0 atom stereocenters. The minimum atomic E-state index is 0. The predicted molar refractivity (Wildman–Crippen MR) is 76.6 cm³/mol. The summed E-state index contributed by atoms with van der Waals surface area (Å²) in [5.41, 5.74) is 0.787. The summed E-state index contributed by atoms with van der Waals surface area (Å²) in [5, 5.41) is 6.78. The van der Waals surface area contributed by atoms with Crippen molar-refractivity contribution in [1.82, 2.24) is 10.2 Å². The maximum absolute atomic E-state index is 11.8. The Labute approximate surface area is 118 Å². The number of rotatable bonds is 3. The molecule has 1 aliphatic rings. The summed E-state index contributed by atoms with van der Waals surface area (Å²) in [5.74, 6) is 0.0224. The maximum Gasteiger partial charge on any atom is 0.238 e. The topological polar surface area (TPSA) is 44.4 Å². The van der Waals surface area contributed by atoms with Crippen molar-refractivity contribution in [3.8, 4) is 0 Å². The molecule has 1 fully saturated rings. The molecule has 0 spiro atoms. The van der Waals surface area contributed by atoms with Gasteiger partial charge in [0.2, 0.25) is 5.91 Å². The summed E-state index contributed by atoms with van der Waals surface area (Å²) < 4.78 is 0. The molecule has 0 bridgehead atoms.